The summed E-state index contributed by atoms with van der Waals surface area (Å²) in [6.45, 7) is 5.14. The number of benzene rings is 1. The highest BCUT2D eigenvalue weighted by Crippen LogP contribution is 2.30. The van der Waals surface area contributed by atoms with Crippen LogP contribution in [0.5, 0.6) is 0 Å². The molecule has 1 aliphatic rings. The van der Waals surface area contributed by atoms with E-state index < -0.39 is 0 Å². The molecule has 0 spiro atoms. The fourth-order valence-electron chi connectivity index (χ4n) is 3.68. The van der Waals surface area contributed by atoms with Gasteiger partial charge in [0.1, 0.15) is 17.3 Å². The summed E-state index contributed by atoms with van der Waals surface area (Å²) in [4.78, 5) is 23.6. The molecule has 130 valence electrons. The van der Waals surface area contributed by atoms with E-state index in [2.05, 4.69) is 20.0 Å². The molecule has 3 aromatic rings. The molecule has 1 saturated heterocycles. The second-order valence-electron chi connectivity index (χ2n) is 6.61. The Morgan fingerprint density at radius 1 is 1.20 bits per heavy atom. The number of hydrogen-bond acceptors (Lipinski definition) is 4. The van der Waals surface area contributed by atoms with E-state index in [9.17, 15) is 9.18 Å². The van der Waals surface area contributed by atoms with Gasteiger partial charge in [0.25, 0.3) is 11.3 Å². The fraction of sp³-hybridized carbons (Fsp3) is 0.389. The Balaban J connectivity index is 1.60. The molecule has 2 aromatic heterocycles. The summed E-state index contributed by atoms with van der Waals surface area (Å²) in [5.74, 6) is 1.18. The number of aromatic nitrogens is 4. The molecule has 0 aliphatic carbocycles. The molecular formula is C18H20FN5O. The molecule has 25 heavy (non-hydrogen) atoms. The van der Waals surface area contributed by atoms with Gasteiger partial charge in [-0.25, -0.2) is 9.37 Å². The lowest BCUT2D eigenvalue weighted by Gasteiger charge is -2.33. The van der Waals surface area contributed by atoms with Crippen LogP contribution in [0.25, 0.3) is 5.78 Å². The van der Waals surface area contributed by atoms with Crippen LogP contribution in [0, 0.1) is 19.7 Å². The number of halogens is 1. The van der Waals surface area contributed by atoms with Crippen molar-refractivity contribution < 1.29 is 4.39 Å². The van der Waals surface area contributed by atoms with Gasteiger partial charge in [-0.2, -0.15) is 9.50 Å². The number of rotatable bonds is 2. The minimum atomic E-state index is -0.196. The fourth-order valence-corrected chi connectivity index (χ4v) is 3.68. The third kappa shape index (κ3) is 2.79. The number of nitrogens with one attached hydrogen (secondary N) is 1. The van der Waals surface area contributed by atoms with Crippen molar-refractivity contribution in [3.05, 3.63) is 57.5 Å². The monoisotopic (exact) mass is 341 g/mol. The minimum Gasteiger partial charge on any atom is -0.365 e. The summed E-state index contributed by atoms with van der Waals surface area (Å²) in [7, 11) is 0. The van der Waals surface area contributed by atoms with E-state index in [1.54, 1.807) is 19.1 Å². The second kappa shape index (κ2) is 5.98. The molecule has 4 rings (SSSR count). The molecule has 6 nitrogen and oxygen atoms in total. The quantitative estimate of drug-likeness (QED) is 0.778. The van der Waals surface area contributed by atoms with Crippen LogP contribution < -0.4 is 10.5 Å². The molecule has 0 bridgehead atoms. The first-order chi connectivity index (χ1) is 12.0. The van der Waals surface area contributed by atoms with Crippen molar-refractivity contribution in [2.24, 2.45) is 0 Å². The van der Waals surface area contributed by atoms with E-state index in [0.717, 1.165) is 31.5 Å². The third-order valence-electron chi connectivity index (χ3n) is 4.89. The highest BCUT2D eigenvalue weighted by atomic mass is 19.1. The number of anilines is 1. The van der Waals surface area contributed by atoms with Gasteiger partial charge in [-0.1, -0.05) is 12.1 Å². The molecule has 7 heteroatoms. The number of nitrogens with zero attached hydrogens (tertiary/aromatic N) is 4. The molecule has 0 amide bonds. The molecule has 0 unspecified atom stereocenters. The highest BCUT2D eigenvalue weighted by molar-refractivity contribution is 5.52. The van der Waals surface area contributed by atoms with Crippen molar-refractivity contribution in [3.8, 4) is 0 Å². The van der Waals surface area contributed by atoms with E-state index in [1.165, 1.54) is 10.6 Å². The van der Waals surface area contributed by atoms with Gasteiger partial charge in [0, 0.05) is 13.1 Å². The van der Waals surface area contributed by atoms with Crippen molar-refractivity contribution in [1.82, 2.24) is 19.6 Å². The van der Waals surface area contributed by atoms with E-state index in [-0.39, 0.29) is 11.4 Å². The van der Waals surface area contributed by atoms with Crippen LogP contribution in [0.1, 0.15) is 35.8 Å². The Kier molecular flexibility index (Phi) is 3.78. The zero-order valence-electron chi connectivity index (χ0n) is 14.3. The lowest BCUT2D eigenvalue weighted by atomic mass is 9.89. The van der Waals surface area contributed by atoms with Gasteiger partial charge in [-0.05, 0) is 50.3 Å². The van der Waals surface area contributed by atoms with Gasteiger partial charge in [-0.15, -0.1) is 0 Å². The Morgan fingerprint density at radius 2 is 1.96 bits per heavy atom. The standard InChI is InChI=1S/C18H20FN5O/c1-11-16(17(25)24-18(20-11)21-12(2)22-24)23-8-6-13(7-9-23)14-4-3-5-15(19)10-14/h3-5,10,13H,6-9H2,1-2H3,(H,20,21,22). The van der Waals surface area contributed by atoms with Crippen molar-refractivity contribution in [3.63, 3.8) is 0 Å². The smallest absolute Gasteiger partial charge is 0.297 e. The zero-order valence-corrected chi connectivity index (χ0v) is 14.3. The number of hydrogen-bond donors (Lipinski definition) is 1. The summed E-state index contributed by atoms with van der Waals surface area (Å²) in [6, 6.07) is 6.81. The van der Waals surface area contributed by atoms with E-state index in [4.69, 9.17) is 0 Å². The Labute approximate surface area is 144 Å². The van der Waals surface area contributed by atoms with E-state index >= 15 is 0 Å². The second-order valence-corrected chi connectivity index (χ2v) is 6.61. The van der Waals surface area contributed by atoms with Crippen molar-refractivity contribution in [1.29, 1.82) is 0 Å². The van der Waals surface area contributed by atoms with E-state index in [0.29, 0.717) is 28.9 Å². The Morgan fingerprint density at radius 3 is 2.68 bits per heavy atom. The minimum absolute atomic E-state index is 0.118. The van der Waals surface area contributed by atoms with Crippen molar-refractivity contribution in [2.45, 2.75) is 32.6 Å². The summed E-state index contributed by atoms with van der Waals surface area (Å²) in [5.41, 5.74) is 2.23. The van der Waals surface area contributed by atoms with Gasteiger partial charge < -0.3 is 4.90 Å². The third-order valence-corrected chi connectivity index (χ3v) is 4.89. The average molecular weight is 341 g/mol. The number of piperidine rings is 1. The normalized spacial score (nSPS) is 15.9. The lowest BCUT2D eigenvalue weighted by Crippen LogP contribution is -2.38. The molecule has 0 atom stereocenters. The summed E-state index contributed by atoms with van der Waals surface area (Å²) >= 11 is 0. The van der Waals surface area contributed by atoms with Gasteiger partial charge in [0.15, 0.2) is 0 Å². The summed E-state index contributed by atoms with van der Waals surface area (Å²) in [6.07, 6.45) is 1.76. The zero-order chi connectivity index (χ0) is 17.6. The lowest BCUT2D eigenvalue weighted by molar-refractivity contribution is 0.499. The first-order valence-electron chi connectivity index (χ1n) is 8.49. The first kappa shape index (κ1) is 15.8. The maximum absolute atomic E-state index is 13.4. The molecule has 3 heterocycles. The molecule has 1 N–H and O–H groups in total. The van der Waals surface area contributed by atoms with Crippen LogP contribution in [0.4, 0.5) is 10.1 Å². The number of H-pyrrole nitrogens is 1. The summed E-state index contributed by atoms with van der Waals surface area (Å²) in [5, 5.41) is 2.94. The van der Waals surface area contributed by atoms with E-state index in [1.807, 2.05) is 13.0 Å². The van der Waals surface area contributed by atoms with Crippen LogP contribution in [0.15, 0.2) is 29.1 Å². The topological polar surface area (TPSA) is 66.3 Å². The van der Waals surface area contributed by atoms with Crippen molar-refractivity contribution >= 4 is 11.5 Å². The average Bonchev–Trinajstić information content (AvgIpc) is 2.96. The highest BCUT2D eigenvalue weighted by Gasteiger charge is 2.25. The maximum atomic E-state index is 13.4. The molecule has 1 aromatic carbocycles. The number of aromatic amines is 1. The van der Waals surface area contributed by atoms with Crippen LogP contribution in [-0.2, 0) is 0 Å². The first-order valence-corrected chi connectivity index (χ1v) is 8.49. The van der Waals surface area contributed by atoms with Crippen LogP contribution in [0.3, 0.4) is 0 Å². The molecule has 1 aliphatic heterocycles. The largest absolute Gasteiger partial charge is 0.365 e. The number of fused-ring (bicyclic) bond motifs is 1. The van der Waals surface area contributed by atoms with Crippen LogP contribution in [-0.4, -0.2) is 32.7 Å². The van der Waals surface area contributed by atoms with Gasteiger partial charge in [-0.3, -0.25) is 9.89 Å². The molecule has 1 fully saturated rings. The predicted molar refractivity (Wildman–Crippen MR) is 93.7 cm³/mol. The molecule has 0 radical (unpaired) electrons. The number of aryl methyl sites for hydroxylation is 2. The van der Waals surface area contributed by atoms with Crippen LogP contribution in [0.2, 0.25) is 0 Å². The summed E-state index contributed by atoms with van der Waals surface area (Å²) < 4.78 is 14.8. The van der Waals surface area contributed by atoms with Crippen LogP contribution >= 0.6 is 0 Å². The predicted octanol–water partition coefficient (Wildman–Crippen LogP) is 2.56. The van der Waals surface area contributed by atoms with Gasteiger partial charge >= 0.3 is 0 Å². The Hall–Kier alpha value is -2.70. The van der Waals surface area contributed by atoms with Gasteiger partial charge in [0.05, 0.1) is 5.69 Å². The van der Waals surface area contributed by atoms with Gasteiger partial charge in [0.2, 0.25) is 0 Å². The SMILES string of the molecule is Cc1nc2nc(C)c(N3CCC(c4cccc(F)c4)CC3)c(=O)n2[nH]1. The molecular weight excluding hydrogens is 321 g/mol. The maximum Gasteiger partial charge on any atom is 0.297 e. The van der Waals surface area contributed by atoms with Crippen molar-refractivity contribution in [2.75, 3.05) is 18.0 Å². The molecule has 0 saturated carbocycles. The Bertz CT molecular complexity index is 985.